The largest absolute Gasteiger partial charge is 0.392 e. The fourth-order valence-corrected chi connectivity index (χ4v) is 2.09. The Bertz CT molecular complexity index is 130. The maximum Gasteiger partial charge on any atom is 0.0667 e. The Hall–Kier alpha value is -0.0800. The zero-order valence-corrected chi connectivity index (χ0v) is 8.92. The monoisotopic (exact) mass is 185 g/mol. The zero-order chi connectivity index (χ0) is 9.68. The maximum absolute atomic E-state index is 9.70. The van der Waals surface area contributed by atoms with Gasteiger partial charge in [-0.2, -0.15) is 0 Å². The van der Waals surface area contributed by atoms with Gasteiger partial charge in [0.1, 0.15) is 0 Å². The molecule has 0 amide bonds. The van der Waals surface area contributed by atoms with Crippen LogP contribution in [0.1, 0.15) is 46.0 Å². The van der Waals surface area contributed by atoms with E-state index in [4.69, 9.17) is 0 Å². The average Bonchev–Trinajstić information content (AvgIpc) is 2.53. The molecule has 0 aliphatic heterocycles. The summed E-state index contributed by atoms with van der Waals surface area (Å²) in [6.07, 6.45) is 6.27. The summed E-state index contributed by atoms with van der Waals surface area (Å²) in [7, 11) is 0. The third-order valence-electron chi connectivity index (χ3n) is 2.84. The quantitative estimate of drug-likeness (QED) is 0.686. The second-order valence-corrected chi connectivity index (χ2v) is 4.60. The van der Waals surface area contributed by atoms with E-state index in [9.17, 15) is 5.11 Å². The average molecular weight is 185 g/mol. The molecule has 13 heavy (non-hydrogen) atoms. The molecule has 2 N–H and O–H groups in total. The number of aliphatic hydroxyl groups excluding tert-OH is 1. The predicted molar refractivity (Wildman–Crippen MR) is 55.7 cm³/mol. The number of aliphatic hydroxyl groups is 1. The van der Waals surface area contributed by atoms with Crippen LogP contribution in [0.3, 0.4) is 0 Å². The summed E-state index contributed by atoms with van der Waals surface area (Å²) in [5.41, 5.74) is 0. The SMILES string of the molecule is CC(C)NCC(O)CC1CCCC1. The van der Waals surface area contributed by atoms with Crippen LogP contribution in [0.25, 0.3) is 0 Å². The Labute approximate surface area is 81.7 Å². The highest BCUT2D eigenvalue weighted by Crippen LogP contribution is 2.28. The minimum atomic E-state index is -0.134. The molecule has 2 heteroatoms. The summed E-state index contributed by atoms with van der Waals surface area (Å²) in [5.74, 6) is 0.795. The maximum atomic E-state index is 9.70. The second-order valence-electron chi connectivity index (χ2n) is 4.60. The number of hydrogen-bond acceptors (Lipinski definition) is 2. The van der Waals surface area contributed by atoms with Crippen molar-refractivity contribution in [1.82, 2.24) is 5.32 Å². The van der Waals surface area contributed by atoms with Crippen LogP contribution in [0, 0.1) is 5.92 Å². The first-order valence-corrected chi connectivity index (χ1v) is 5.60. The molecular formula is C11H23NO. The van der Waals surface area contributed by atoms with Gasteiger partial charge in [-0.1, -0.05) is 39.5 Å². The summed E-state index contributed by atoms with van der Waals surface area (Å²) < 4.78 is 0. The lowest BCUT2D eigenvalue weighted by Gasteiger charge is -2.17. The number of nitrogens with one attached hydrogen (secondary N) is 1. The molecule has 1 aliphatic rings. The first-order valence-electron chi connectivity index (χ1n) is 5.60. The molecule has 0 aromatic rings. The van der Waals surface area contributed by atoms with Gasteiger partial charge in [-0.15, -0.1) is 0 Å². The molecule has 0 bridgehead atoms. The van der Waals surface area contributed by atoms with E-state index in [1.54, 1.807) is 0 Å². The van der Waals surface area contributed by atoms with Crippen molar-refractivity contribution in [3.8, 4) is 0 Å². The van der Waals surface area contributed by atoms with Crippen LogP contribution in [0.5, 0.6) is 0 Å². The van der Waals surface area contributed by atoms with E-state index in [1.807, 2.05) is 0 Å². The van der Waals surface area contributed by atoms with Crippen LogP contribution in [-0.4, -0.2) is 23.8 Å². The fourth-order valence-electron chi connectivity index (χ4n) is 2.09. The molecule has 1 aliphatic carbocycles. The first-order chi connectivity index (χ1) is 6.18. The predicted octanol–water partition coefficient (Wildman–Crippen LogP) is 1.93. The summed E-state index contributed by atoms with van der Waals surface area (Å²) in [5, 5.41) is 13.0. The normalized spacial score (nSPS) is 21.2. The van der Waals surface area contributed by atoms with E-state index in [1.165, 1.54) is 25.7 Å². The molecule has 1 atom stereocenters. The van der Waals surface area contributed by atoms with Crippen molar-refractivity contribution in [2.24, 2.45) is 5.92 Å². The fraction of sp³-hybridized carbons (Fsp3) is 1.00. The van der Waals surface area contributed by atoms with Crippen LogP contribution in [-0.2, 0) is 0 Å². The van der Waals surface area contributed by atoms with Gasteiger partial charge in [0.2, 0.25) is 0 Å². The Morgan fingerprint density at radius 1 is 1.31 bits per heavy atom. The van der Waals surface area contributed by atoms with Gasteiger partial charge in [0.15, 0.2) is 0 Å². The van der Waals surface area contributed by atoms with E-state index in [2.05, 4.69) is 19.2 Å². The minimum Gasteiger partial charge on any atom is -0.392 e. The molecule has 2 nitrogen and oxygen atoms in total. The molecule has 0 heterocycles. The van der Waals surface area contributed by atoms with Crippen molar-refractivity contribution >= 4 is 0 Å². The zero-order valence-electron chi connectivity index (χ0n) is 8.92. The Morgan fingerprint density at radius 3 is 2.46 bits per heavy atom. The van der Waals surface area contributed by atoms with E-state index < -0.39 is 0 Å². The highest BCUT2D eigenvalue weighted by molar-refractivity contribution is 4.72. The summed E-state index contributed by atoms with van der Waals surface area (Å²) in [6, 6.07) is 0.484. The van der Waals surface area contributed by atoms with Crippen molar-refractivity contribution in [2.45, 2.75) is 58.1 Å². The lowest BCUT2D eigenvalue weighted by molar-refractivity contribution is 0.138. The summed E-state index contributed by atoms with van der Waals surface area (Å²) in [4.78, 5) is 0. The van der Waals surface area contributed by atoms with E-state index in [-0.39, 0.29) is 6.10 Å². The molecule has 1 unspecified atom stereocenters. The van der Waals surface area contributed by atoms with Gasteiger partial charge in [0, 0.05) is 12.6 Å². The van der Waals surface area contributed by atoms with Gasteiger partial charge in [-0.3, -0.25) is 0 Å². The van der Waals surface area contributed by atoms with Crippen molar-refractivity contribution < 1.29 is 5.11 Å². The van der Waals surface area contributed by atoms with Crippen molar-refractivity contribution in [2.75, 3.05) is 6.54 Å². The van der Waals surface area contributed by atoms with Crippen LogP contribution in [0.4, 0.5) is 0 Å². The smallest absolute Gasteiger partial charge is 0.0667 e. The molecule has 78 valence electrons. The van der Waals surface area contributed by atoms with E-state index >= 15 is 0 Å². The number of rotatable bonds is 5. The topological polar surface area (TPSA) is 32.3 Å². The van der Waals surface area contributed by atoms with Gasteiger partial charge in [-0.25, -0.2) is 0 Å². The van der Waals surface area contributed by atoms with Crippen molar-refractivity contribution in [1.29, 1.82) is 0 Å². The highest BCUT2D eigenvalue weighted by atomic mass is 16.3. The first kappa shape index (κ1) is 11.0. The molecule has 0 radical (unpaired) electrons. The second kappa shape index (κ2) is 5.61. The van der Waals surface area contributed by atoms with Crippen LogP contribution < -0.4 is 5.32 Å². The van der Waals surface area contributed by atoms with Gasteiger partial charge < -0.3 is 10.4 Å². The van der Waals surface area contributed by atoms with Crippen molar-refractivity contribution in [3.63, 3.8) is 0 Å². The Morgan fingerprint density at radius 2 is 1.92 bits per heavy atom. The van der Waals surface area contributed by atoms with Crippen LogP contribution >= 0.6 is 0 Å². The van der Waals surface area contributed by atoms with Crippen molar-refractivity contribution in [3.05, 3.63) is 0 Å². The Balaban J connectivity index is 2.05. The molecule has 0 saturated heterocycles. The standard InChI is InChI=1S/C11H23NO/c1-9(2)12-8-11(13)7-10-5-3-4-6-10/h9-13H,3-8H2,1-2H3. The third-order valence-corrected chi connectivity index (χ3v) is 2.84. The van der Waals surface area contributed by atoms with E-state index in [0.717, 1.165) is 18.9 Å². The molecule has 0 aromatic carbocycles. The van der Waals surface area contributed by atoms with Gasteiger partial charge in [-0.05, 0) is 12.3 Å². The molecular weight excluding hydrogens is 162 g/mol. The third kappa shape index (κ3) is 4.63. The van der Waals surface area contributed by atoms with Gasteiger partial charge in [0.25, 0.3) is 0 Å². The number of hydrogen-bond donors (Lipinski definition) is 2. The molecule has 0 aromatic heterocycles. The van der Waals surface area contributed by atoms with Gasteiger partial charge in [0.05, 0.1) is 6.10 Å². The summed E-state index contributed by atoms with van der Waals surface area (Å²) >= 11 is 0. The molecule has 0 spiro atoms. The lowest BCUT2D eigenvalue weighted by atomic mass is 10.00. The molecule has 1 rings (SSSR count). The lowest BCUT2D eigenvalue weighted by Crippen LogP contribution is -2.32. The molecule has 1 fully saturated rings. The molecule has 1 saturated carbocycles. The van der Waals surface area contributed by atoms with Crippen LogP contribution in [0.15, 0.2) is 0 Å². The van der Waals surface area contributed by atoms with Crippen LogP contribution in [0.2, 0.25) is 0 Å². The minimum absolute atomic E-state index is 0.134. The Kier molecular flexibility index (Phi) is 4.74. The van der Waals surface area contributed by atoms with E-state index in [0.29, 0.717) is 6.04 Å². The highest BCUT2D eigenvalue weighted by Gasteiger charge is 2.18. The summed E-state index contributed by atoms with van der Waals surface area (Å²) in [6.45, 7) is 4.98. The van der Waals surface area contributed by atoms with Gasteiger partial charge >= 0.3 is 0 Å².